The lowest BCUT2D eigenvalue weighted by atomic mass is 10.1. The van der Waals surface area contributed by atoms with Crippen molar-refractivity contribution in [2.24, 2.45) is 0 Å². The molecule has 2 aromatic carbocycles. The lowest BCUT2D eigenvalue weighted by Crippen LogP contribution is -2.11. The van der Waals surface area contributed by atoms with Gasteiger partial charge in [0.1, 0.15) is 0 Å². The Morgan fingerprint density at radius 2 is 1.36 bits per heavy atom. The summed E-state index contributed by atoms with van der Waals surface area (Å²) in [5, 5.41) is 0.957. The molecule has 0 bridgehead atoms. The van der Waals surface area contributed by atoms with Crippen molar-refractivity contribution in [1.82, 2.24) is 9.97 Å². The van der Waals surface area contributed by atoms with Crippen LogP contribution >= 0.6 is 0 Å². The van der Waals surface area contributed by atoms with E-state index < -0.39 is 0 Å². The Bertz CT molecular complexity index is 718. The second-order valence-electron chi connectivity index (χ2n) is 3.80. The van der Waals surface area contributed by atoms with Crippen LogP contribution < -0.4 is 5.69 Å². The van der Waals surface area contributed by atoms with Crippen LogP contribution in [0.2, 0.25) is 0 Å². The van der Waals surface area contributed by atoms with E-state index in [4.69, 9.17) is 0 Å². The molecule has 3 nitrogen and oxygen atoms in total. The van der Waals surface area contributed by atoms with E-state index in [9.17, 15) is 4.79 Å². The third kappa shape index (κ3) is 4.55. The normalized spacial score (nSPS) is 8.73. The third-order valence-corrected chi connectivity index (χ3v) is 2.68. The fourth-order valence-electron chi connectivity index (χ4n) is 1.92. The first-order valence-electron chi connectivity index (χ1n) is 7.39. The molecule has 22 heavy (non-hydrogen) atoms. The summed E-state index contributed by atoms with van der Waals surface area (Å²) in [4.78, 5) is 18.3. The summed E-state index contributed by atoms with van der Waals surface area (Å²) < 4.78 is 0. The van der Waals surface area contributed by atoms with Gasteiger partial charge in [0.2, 0.25) is 0 Å². The number of nitrogens with one attached hydrogen (secondary N) is 1. The Labute approximate surface area is 133 Å². The SMILES string of the molecule is C.CC.CC.O=c1nc(-c2ccccc2)c2ccccc2[nH]1. The number of H-pyrrole nitrogens is 1. The predicted octanol–water partition coefficient (Wildman–Crippen LogP) is 5.28. The summed E-state index contributed by atoms with van der Waals surface area (Å²) in [6, 6.07) is 17.4. The van der Waals surface area contributed by atoms with Crippen LogP contribution in [0.3, 0.4) is 0 Å². The third-order valence-electron chi connectivity index (χ3n) is 2.68. The molecule has 0 fully saturated rings. The largest absolute Gasteiger partial charge is 0.345 e. The van der Waals surface area contributed by atoms with Crippen molar-refractivity contribution in [2.75, 3.05) is 0 Å². The Balaban J connectivity index is 0.000000819. The van der Waals surface area contributed by atoms with Gasteiger partial charge in [-0.15, -0.1) is 0 Å². The van der Waals surface area contributed by atoms with Crippen molar-refractivity contribution >= 4 is 10.9 Å². The van der Waals surface area contributed by atoms with Gasteiger partial charge in [-0.25, -0.2) is 4.79 Å². The van der Waals surface area contributed by atoms with E-state index in [0.29, 0.717) is 0 Å². The maximum atomic E-state index is 11.5. The van der Waals surface area contributed by atoms with Crippen LogP contribution in [0.4, 0.5) is 0 Å². The summed E-state index contributed by atoms with van der Waals surface area (Å²) in [5.41, 5.74) is 2.17. The molecule has 118 valence electrons. The van der Waals surface area contributed by atoms with Crippen LogP contribution in [0.5, 0.6) is 0 Å². The van der Waals surface area contributed by atoms with Crippen LogP contribution in [0.15, 0.2) is 59.4 Å². The number of aromatic amines is 1. The van der Waals surface area contributed by atoms with Gasteiger partial charge >= 0.3 is 5.69 Å². The van der Waals surface area contributed by atoms with E-state index in [0.717, 1.165) is 22.2 Å². The molecule has 3 heteroatoms. The van der Waals surface area contributed by atoms with Gasteiger partial charge in [-0.3, -0.25) is 0 Å². The number of para-hydroxylation sites is 1. The smallest absolute Gasteiger partial charge is 0.305 e. The van der Waals surface area contributed by atoms with Gasteiger partial charge in [0.15, 0.2) is 0 Å². The molecular formula is C19H26N2O. The number of hydrogen-bond acceptors (Lipinski definition) is 2. The van der Waals surface area contributed by atoms with Gasteiger partial charge in [-0.05, 0) is 6.07 Å². The number of aromatic nitrogens is 2. The fraction of sp³-hybridized carbons (Fsp3) is 0.263. The molecule has 0 atom stereocenters. The Kier molecular flexibility index (Phi) is 9.19. The summed E-state index contributed by atoms with van der Waals surface area (Å²) >= 11 is 0. The Morgan fingerprint density at radius 3 is 2.00 bits per heavy atom. The lowest BCUT2D eigenvalue weighted by Gasteiger charge is -2.04. The van der Waals surface area contributed by atoms with E-state index in [2.05, 4.69) is 9.97 Å². The van der Waals surface area contributed by atoms with Crippen molar-refractivity contribution in [3.8, 4) is 11.3 Å². The van der Waals surface area contributed by atoms with E-state index in [1.165, 1.54) is 0 Å². The molecule has 3 rings (SSSR count). The molecule has 0 aliphatic rings. The minimum absolute atomic E-state index is 0. The zero-order chi connectivity index (χ0) is 15.7. The molecule has 1 N–H and O–H groups in total. The second kappa shape index (κ2) is 10.3. The summed E-state index contributed by atoms with van der Waals surface area (Å²) in [6.45, 7) is 8.00. The number of rotatable bonds is 1. The highest BCUT2D eigenvalue weighted by atomic mass is 16.1. The van der Waals surface area contributed by atoms with Crippen molar-refractivity contribution in [3.63, 3.8) is 0 Å². The van der Waals surface area contributed by atoms with E-state index in [-0.39, 0.29) is 13.1 Å². The van der Waals surface area contributed by atoms with Gasteiger partial charge < -0.3 is 4.98 Å². The van der Waals surface area contributed by atoms with Crippen molar-refractivity contribution in [3.05, 3.63) is 65.1 Å². The quantitative estimate of drug-likeness (QED) is 0.664. The summed E-state index contributed by atoms with van der Waals surface area (Å²) in [6.07, 6.45) is 0. The highest BCUT2D eigenvalue weighted by Gasteiger charge is 2.05. The topological polar surface area (TPSA) is 45.8 Å². The molecule has 1 heterocycles. The zero-order valence-corrected chi connectivity index (χ0v) is 13.1. The summed E-state index contributed by atoms with van der Waals surface area (Å²) in [5.74, 6) is 0. The minimum Gasteiger partial charge on any atom is -0.305 e. The second-order valence-corrected chi connectivity index (χ2v) is 3.80. The molecule has 0 unspecified atom stereocenters. The van der Waals surface area contributed by atoms with E-state index >= 15 is 0 Å². The van der Waals surface area contributed by atoms with Crippen LogP contribution in [0.25, 0.3) is 22.2 Å². The van der Waals surface area contributed by atoms with Crippen molar-refractivity contribution < 1.29 is 0 Å². The number of benzene rings is 2. The average molecular weight is 298 g/mol. The highest BCUT2D eigenvalue weighted by molar-refractivity contribution is 5.91. The van der Waals surface area contributed by atoms with Crippen LogP contribution in [0.1, 0.15) is 35.1 Å². The first-order valence-corrected chi connectivity index (χ1v) is 7.39. The summed E-state index contributed by atoms with van der Waals surface area (Å²) in [7, 11) is 0. The van der Waals surface area contributed by atoms with E-state index in [1.54, 1.807) is 0 Å². The van der Waals surface area contributed by atoms with Crippen molar-refractivity contribution in [1.29, 1.82) is 0 Å². The average Bonchev–Trinajstić information content (AvgIpc) is 2.58. The molecule has 3 aromatic rings. The zero-order valence-electron chi connectivity index (χ0n) is 13.1. The van der Waals surface area contributed by atoms with Gasteiger partial charge in [-0.2, -0.15) is 4.98 Å². The van der Waals surface area contributed by atoms with Crippen LogP contribution in [-0.2, 0) is 0 Å². The number of fused-ring (bicyclic) bond motifs is 1. The van der Waals surface area contributed by atoms with Crippen LogP contribution in [0, 0.1) is 0 Å². The monoisotopic (exact) mass is 298 g/mol. The van der Waals surface area contributed by atoms with E-state index in [1.807, 2.05) is 82.3 Å². The number of nitrogens with zero attached hydrogens (tertiary/aromatic N) is 1. The Hall–Kier alpha value is -2.42. The molecular weight excluding hydrogens is 272 g/mol. The molecule has 0 spiro atoms. The molecule has 1 aromatic heterocycles. The molecule has 0 saturated carbocycles. The standard InChI is InChI=1S/C14H10N2O.2C2H6.CH4/c17-14-15-12-9-5-4-8-11(12)13(16-14)10-6-2-1-3-7-10;2*1-2;/h1-9H,(H,15,16,17);2*1-2H3;1H4. The molecule has 0 aliphatic heterocycles. The minimum atomic E-state index is -0.317. The first-order chi connectivity index (χ1) is 10.3. The lowest BCUT2D eigenvalue weighted by molar-refractivity contribution is 1.12. The van der Waals surface area contributed by atoms with Gasteiger partial charge in [0.05, 0.1) is 11.2 Å². The van der Waals surface area contributed by atoms with Gasteiger partial charge in [-0.1, -0.05) is 83.7 Å². The van der Waals surface area contributed by atoms with Gasteiger partial charge in [0.25, 0.3) is 0 Å². The van der Waals surface area contributed by atoms with Crippen LogP contribution in [-0.4, -0.2) is 9.97 Å². The maximum Gasteiger partial charge on any atom is 0.345 e. The molecule has 0 amide bonds. The maximum absolute atomic E-state index is 11.5. The Morgan fingerprint density at radius 1 is 0.818 bits per heavy atom. The fourth-order valence-corrected chi connectivity index (χ4v) is 1.92. The predicted molar refractivity (Wildman–Crippen MR) is 97.2 cm³/mol. The molecule has 0 saturated heterocycles. The highest BCUT2D eigenvalue weighted by Crippen LogP contribution is 2.23. The molecule has 0 aliphatic carbocycles. The van der Waals surface area contributed by atoms with Crippen molar-refractivity contribution in [2.45, 2.75) is 35.1 Å². The van der Waals surface area contributed by atoms with Gasteiger partial charge in [0, 0.05) is 10.9 Å². The number of hydrogen-bond donors (Lipinski definition) is 1. The molecule has 0 radical (unpaired) electrons. The first kappa shape index (κ1) is 19.6.